The van der Waals surface area contributed by atoms with Gasteiger partial charge in [-0.25, -0.2) is 4.79 Å². The number of carbonyl (C=O) groups excluding carboxylic acids is 2. The molecule has 1 heterocycles. The Balaban J connectivity index is 1.94. The fourth-order valence-electron chi connectivity index (χ4n) is 3.64. The summed E-state index contributed by atoms with van der Waals surface area (Å²) in [6.07, 6.45) is 4.88. The van der Waals surface area contributed by atoms with Crippen LogP contribution < -0.4 is 5.32 Å². The molecule has 1 aliphatic carbocycles. The molecule has 0 aliphatic heterocycles. The summed E-state index contributed by atoms with van der Waals surface area (Å²) in [6.45, 7) is 5.61. The Bertz CT molecular complexity index is 990. The number of benzene rings is 1. The van der Waals surface area contributed by atoms with Crippen molar-refractivity contribution in [3.8, 4) is 11.1 Å². The highest BCUT2D eigenvalue weighted by Gasteiger charge is 2.35. The smallest absolute Gasteiger partial charge is 0.342 e. The first-order valence-electron chi connectivity index (χ1n) is 10.4. The molecule has 0 spiro atoms. The van der Waals surface area contributed by atoms with Gasteiger partial charge in [-0.05, 0) is 44.2 Å². The minimum absolute atomic E-state index is 0.300. The van der Waals surface area contributed by atoms with Crippen LogP contribution in [-0.4, -0.2) is 29.1 Å². The van der Waals surface area contributed by atoms with Gasteiger partial charge in [0.15, 0.2) is 0 Å². The van der Waals surface area contributed by atoms with E-state index in [1.165, 1.54) is 16.9 Å². The van der Waals surface area contributed by atoms with Crippen LogP contribution in [0.4, 0.5) is 5.00 Å². The third-order valence-electron chi connectivity index (χ3n) is 5.33. The SMILES string of the molecule is CCc1ccc(-c2csc(NC(=O)[C@@H]3CC=CC[C@@H]3C(=O)O)c2C(=O)OC(C)C)cc1. The van der Waals surface area contributed by atoms with E-state index < -0.39 is 29.7 Å². The second kappa shape index (κ2) is 9.92. The number of allylic oxidation sites excluding steroid dienone is 2. The summed E-state index contributed by atoms with van der Waals surface area (Å²) in [5, 5.41) is 14.5. The van der Waals surface area contributed by atoms with Crippen molar-refractivity contribution in [3.63, 3.8) is 0 Å². The Morgan fingerprint density at radius 1 is 1.13 bits per heavy atom. The largest absolute Gasteiger partial charge is 0.481 e. The lowest BCUT2D eigenvalue weighted by atomic mass is 9.82. The topological polar surface area (TPSA) is 92.7 Å². The summed E-state index contributed by atoms with van der Waals surface area (Å²) in [5.41, 5.74) is 3.03. The van der Waals surface area contributed by atoms with E-state index in [2.05, 4.69) is 12.2 Å². The van der Waals surface area contributed by atoms with Crippen molar-refractivity contribution in [2.75, 3.05) is 5.32 Å². The van der Waals surface area contributed by atoms with Crippen LogP contribution in [0.2, 0.25) is 0 Å². The van der Waals surface area contributed by atoms with Gasteiger partial charge in [-0.2, -0.15) is 0 Å². The van der Waals surface area contributed by atoms with Crippen LogP contribution in [0.1, 0.15) is 49.5 Å². The number of carbonyl (C=O) groups is 3. The molecule has 0 fully saturated rings. The molecule has 3 rings (SSSR count). The molecule has 164 valence electrons. The first-order chi connectivity index (χ1) is 14.8. The molecule has 1 aromatic heterocycles. The van der Waals surface area contributed by atoms with Gasteiger partial charge in [0.1, 0.15) is 10.6 Å². The number of hydrogen-bond acceptors (Lipinski definition) is 5. The molecule has 6 nitrogen and oxygen atoms in total. The summed E-state index contributed by atoms with van der Waals surface area (Å²) in [7, 11) is 0. The van der Waals surface area contributed by atoms with Gasteiger partial charge in [0.25, 0.3) is 0 Å². The van der Waals surface area contributed by atoms with Crippen LogP contribution in [0.5, 0.6) is 0 Å². The lowest BCUT2D eigenvalue weighted by Crippen LogP contribution is -2.34. The molecular weight excluding hydrogens is 414 g/mol. The highest BCUT2D eigenvalue weighted by Crippen LogP contribution is 2.37. The number of amides is 1. The molecule has 1 aromatic carbocycles. The summed E-state index contributed by atoms with van der Waals surface area (Å²) < 4.78 is 5.44. The molecule has 1 amide bonds. The lowest BCUT2D eigenvalue weighted by Gasteiger charge is -2.24. The van der Waals surface area contributed by atoms with Gasteiger partial charge in [-0.1, -0.05) is 43.3 Å². The number of carboxylic acids is 1. The molecule has 1 aliphatic rings. The second-order valence-electron chi connectivity index (χ2n) is 7.84. The first kappa shape index (κ1) is 22.7. The lowest BCUT2D eigenvalue weighted by molar-refractivity contribution is -0.146. The predicted octanol–water partition coefficient (Wildman–Crippen LogP) is 5.15. The van der Waals surface area contributed by atoms with Crippen LogP contribution in [0.25, 0.3) is 11.1 Å². The van der Waals surface area contributed by atoms with Crippen LogP contribution >= 0.6 is 11.3 Å². The van der Waals surface area contributed by atoms with Crippen molar-refractivity contribution in [1.29, 1.82) is 0 Å². The number of aryl methyl sites for hydroxylation is 1. The van der Waals surface area contributed by atoms with Crippen LogP contribution in [0.3, 0.4) is 0 Å². The molecule has 0 bridgehead atoms. The zero-order chi connectivity index (χ0) is 22.5. The summed E-state index contributed by atoms with van der Waals surface area (Å²) in [4.78, 5) is 37.4. The maximum absolute atomic E-state index is 13.0. The number of aliphatic carboxylic acids is 1. The van der Waals surface area contributed by atoms with Crippen molar-refractivity contribution >= 4 is 34.2 Å². The van der Waals surface area contributed by atoms with Gasteiger partial charge in [-0.3, -0.25) is 9.59 Å². The Labute approximate surface area is 185 Å². The standard InChI is InChI=1S/C24H27NO5S/c1-4-15-9-11-16(12-10-15)19-13-31-22(20(19)24(29)30-14(2)3)25-21(26)17-7-5-6-8-18(17)23(27)28/h5-6,9-14,17-18H,4,7-8H2,1-3H3,(H,25,26)(H,27,28)/t17-,18+/m1/s1. The van der Waals surface area contributed by atoms with Crippen molar-refractivity contribution < 1.29 is 24.2 Å². The summed E-state index contributed by atoms with van der Waals surface area (Å²) >= 11 is 1.24. The van der Waals surface area contributed by atoms with E-state index in [1.54, 1.807) is 19.9 Å². The zero-order valence-electron chi connectivity index (χ0n) is 17.9. The van der Waals surface area contributed by atoms with E-state index in [0.29, 0.717) is 29.0 Å². The fourth-order valence-corrected chi connectivity index (χ4v) is 4.60. The quantitative estimate of drug-likeness (QED) is 0.458. The number of rotatable bonds is 7. The maximum Gasteiger partial charge on any atom is 0.342 e. The molecule has 0 radical (unpaired) electrons. The number of hydrogen-bond donors (Lipinski definition) is 2. The molecule has 0 saturated carbocycles. The second-order valence-corrected chi connectivity index (χ2v) is 8.72. The van der Waals surface area contributed by atoms with E-state index in [4.69, 9.17) is 4.74 Å². The van der Waals surface area contributed by atoms with Gasteiger partial charge < -0.3 is 15.2 Å². The minimum Gasteiger partial charge on any atom is -0.481 e. The number of anilines is 1. The third kappa shape index (κ3) is 5.22. The molecule has 31 heavy (non-hydrogen) atoms. The molecule has 2 N–H and O–H groups in total. The molecule has 0 saturated heterocycles. The maximum atomic E-state index is 13.0. The van der Waals surface area contributed by atoms with Gasteiger partial charge >= 0.3 is 11.9 Å². The van der Waals surface area contributed by atoms with Gasteiger partial charge in [0, 0.05) is 10.9 Å². The Hall–Kier alpha value is -2.93. The number of thiophene rings is 1. The van der Waals surface area contributed by atoms with E-state index in [0.717, 1.165) is 12.0 Å². The van der Waals surface area contributed by atoms with E-state index in [1.807, 2.05) is 35.7 Å². The van der Waals surface area contributed by atoms with Crippen LogP contribution in [-0.2, 0) is 20.7 Å². The van der Waals surface area contributed by atoms with Crippen LogP contribution in [0, 0.1) is 11.8 Å². The molecule has 2 atom stereocenters. The summed E-state index contributed by atoms with van der Waals surface area (Å²) in [6, 6.07) is 7.92. The number of carboxylic acid groups (broad SMARTS) is 1. The van der Waals surface area contributed by atoms with Crippen molar-refractivity contribution in [3.05, 3.63) is 52.9 Å². The zero-order valence-corrected chi connectivity index (χ0v) is 18.7. The average Bonchev–Trinajstić information content (AvgIpc) is 3.16. The van der Waals surface area contributed by atoms with Crippen molar-refractivity contribution in [2.24, 2.45) is 11.8 Å². The Morgan fingerprint density at radius 2 is 1.77 bits per heavy atom. The normalized spacial score (nSPS) is 18.1. The van der Waals surface area contributed by atoms with E-state index >= 15 is 0 Å². The first-order valence-corrected chi connectivity index (χ1v) is 11.3. The molecule has 0 unspecified atom stereocenters. The fraction of sp³-hybridized carbons (Fsp3) is 0.375. The predicted molar refractivity (Wildman–Crippen MR) is 121 cm³/mol. The van der Waals surface area contributed by atoms with Gasteiger partial charge in [-0.15, -0.1) is 11.3 Å². The van der Waals surface area contributed by atoms with Crippen molar-refractivity contribution in [1.82, 2.24) is 0 Å². The van der Waals surface area contributed by atoms with Gasteiger partial charge in [0.05, 0.1) is 17.9 Å². The Kier molecular flexibility index (Phi) is 7.28. The molecule has 2 aromatic rings. The average molecular weight is 442 g/mol. The molecular formula is C24H27NO5S. The number of esters is 1. The summed E-state index contributed by atoms with van der Waals surface area (Å²) in [5.74, 6) is -3.38. The molecule has 7 heteroatoms. The Morgan fingerprint density at radius 3 is 2.35 bits per heavy atom. The third-order valence-corrected chi connectivity index (χ3v) is 6.23. The minimum atomic E-state index is -0.994. The van der Waals surface area contributed by atoms with E-state index in [9.17, 15) is 19.5 Å². The number of nitrogens with one attached hydrogen (secondary N) is 1. The number of ether oxygens (including phenoxy) is 1. The van der Waals surface area contributed by atoms with E-state index in [-0.39, 0.29) is 6.10 Å². The monoisotopic (exact) mass is 441 g/mol. The highest BCUT2D eigenvalue weighted by atomic mass is 32.1. The van der Waals surface area contributed by atoms with Gasteiger partial charge in [0.2, 0.25) is 5.91 Å². The van der Waals surface area contributed by atoms with Crippen LogP contribution in [0.15, 0.2) is 41.8 Å². The highest BCUT2D eigenvalue weighted by molar-refractivity contribution is 7.15. The van der Waals surface area contributed by atoms with Crippen molar-refractivity contribution in [2.45, 2.75) is 46.1 Å².